The van der Waals surface area contributed by atoms with E-state index in [1.165, 1.54) is 11.1 Å². The Labute approximate surface area is 172 Å². The number of methoxy groups -OCH3 is 1. The van der Waals surface area contributed by atoms with Gasteiger partial charge >= 0.3 is 6.03 Å². The van der Waals surface area contributed by atoms with Crippen LogP contribution < -0.4 is 15.8 Å². The van der Waals surface area contributed by atoms with E-state index in [0.717, 1.165) is 44.6 Å². The number of piperidine rings is 1. The van der Waals surface area contributed by atoms with Crippen molar-refractivity contribution in [1.82, 2.24) is 4.90 Å². The van der Waals surface area contributed by atoms with E-state index in [2.05, 4.69) is 46.4 Å². The van der Waals surface area contributed by atoms with Gasteiger partial charge in [-0.2, -0.15) is 4.99 Å². The number of nitrogens with zero attached hydrogens (tertiary/aromatic N) is 2. The third-order valence-corrected chi connectivity index (χ3v) is 5.33. The zero-order chi connectivity index (χ0) is 20.6. The van der Waals surface area contributed by atoms with Gasteiger partial charge in [-0.05, 0) is 61.2 Å². The summed E-state index contributed by atoms with van der Waals surface area (Å²) in [6.45, 7) is 4.92. The molecule has 1 heterocycles. The molecule has 1 fully saturated rings. The Morgan fingerprint density at radius 2 is 1.86 bits per heavy atom. The Bertz CT molecular complexity index is 831. The fourth-order valence-corrected chi connectivity index (χ4v) is 3.61. The standard InChI is InChI=1S/C23H30N4O2/c1-3-17-6-8-18(9-7-17)15-27-14-4-5-19(16-27)22(24)26-23(28)25-20-10-12-21(29-2)13-11-20/h6-13,19H,3-5,14-16H2,1-2H3,(H3,24,25,26,28). The maximum absolute atomic E-state index is 12.2. The molecule has 1 aliphatic heterocycles. The first-order chi connectivity index (χ1) is 14.1. The van der Waals surface area contributed by atoms with Gasteiger partial charge in [0.15, 0.2) is 0 Å². The lowest BCUT2D eigenvalue weighted by molar-refractivity contribution is 0.196. The van der Waals surface area contributed by atoms with Gasteiger partial charge in [0.25, 0.3) is 0 Å². The highest BCUT2D eigenvalue weighted by molar-refractivity contribution is 6.00. The van der Waals surface area contributed by atoms with Crippen LogP contribution in [0.3, 0.4) is 0 Å². The molecule has 0 aromatic heterocycles. The van der Waals surface area contributed by atoms with Gasteiger partial charge in [-0.15, -0.1) is 0 Å². The fraction of sp³-hybridized carbons (Fsp3) is 0.391. The number of hydrogen-bond donors (Lipinski definition) is 2. The summed E-state index contributed by atoms with van der Waals surface area (Å²) in [4.78, 5) is 18.7. The number of likely N-dealkylation sites (tertiary alicyclic amines) is 1. The van der Waals surface area contributed by atoms with E-state index in [9.17, 15) is 4.79 Å². The number of hydrogen-bond acceptors (Lipinski definition) is 3. The second kappa shape index (κ2) is 10.1. The van der Waals surface area contributed by atoms with Gasteiger partial charge < -0.3 is 15.8 Å². The van der Waals surface area contributed by atoms with Crippen LogP contribution in [0.25, 0.3) is 0 Å². The molecule has 3 N–H and O–H groups in total. The quantitative estimate of drug-likeness (QED) is 0.572. The zero-order valence-corrected chi connectivity index (χ0v) is 17.2. The van der Waals surface area contributed by atoms with Crippen molar-refractivity contribution in [3.63, 3.8) is 0 Å². The highest BCUT2D eigenvalue weighted by Crippen LogP contribution is 2.20. The Morgan fingerprint density at radius 1 is 1.17 bits per heavy atom. The predicted octanol–water partition coefficient (Wildman–Crippen LogP) is 4.06. The van der Waals surface area contributed by atoms with Gasteiger partial charge in [0.1, 0.15) is 11.6 Å². The van der Waals surface area contributed by atoms with Crippen LogP contribution in [-0.2, 0) is 13.0 Å². The minimum atomic E-state index is -0.444. The summed E-state index contributed by atoms with van der Waals surface area (Å²) in [5, 5.41) is 2.75. The van der Waals surface area contributed by atoms with E-state index in [1.807, 2.05) is 0 Å². The van der Waals surface area contributed by atoms with E-state index in [1.54, 1.807) is 31.4 Å². The van der Waals surface area contributed by atoms with Crippen LogP contribution in [0, 0.1) is 5.92 Å². The highest BCUT2D eigenvalue weighted by Gasteiger charge is 2.23. The van der Waals surface area contributed by atoms with Crippen molar-refractivity contribution in [3.8, 4) is 5.75 Å². The predicted molar refractivity (Wildman–Crippen MR) is 117 cm³/mol. The van der Waals surface area contributed by atoms with Crippen molar-refractivity contribution in [3.05, 3.63) is 59.7 Å². The van der Waals surface area contributed by atoms with E-state index < -0.39 is 6.03 Å². The molecule has 0 aliphatic carbocycles. The summed E-state index contributed by atoms with van der Waals surface area (Å²) < 4.78 is 5.12. The molecule has 0 radical (unpaired) electrons. The van der Waals surface area contributed by atoms with Gasteiger partial charge in [-0.1, -0.05) is 31.2 Å². The summed E-state index contributed by atoms with van der Waals surface area (Å²) in [5.41, 5.74) is 9.50. The van der Waals surface area contributed by atoms with Crippen molar-refractivity contribution in [1.29, 1.82) is 0 Å². The van der Waals surface area contributed by atoms with Crippen molar-refractivity contribution in [2.75, 3.05) is 25.5 Å². The van der Waals surface area contributed by atoms with E-state index >= 15 is 0 Å². The first-order valence-corrected chi connectivity index (χ1v) is 10.2. The molecule has 0 spiro atoms. The molecule has 29 heavy (non-hydrogen) atoms. The normalized spacial score (nSPS) is 17.7. The van der Waals surface area contributed by atoms with Crippen molar-refractivity contribution in [2.24, 2.45) is 16.6 Å². The Hall–Kier alpha value is -2.86. The molecule has 6 heteroatoms. The van der Waals surface area contributed by atoms with Crippen LogP contribution in [0.1, 0.15) is 30.9 Å². The lowest BCUT2D eigenvalue weighted by Crippen LogP contribution is -2.41. The van der Waals surface area contributed by atoms with Crippen molar-refractivity contribution >= 4 is 17.6 Å². The number of carbonyl (C=O) groups is 1. The first kappa shape index (κ1) is 20.9. The Balaban J connectivity index is 1.55. The minimum absolute atomic E-state index is 0.0975. The summed E-state index contributed by atoms with van der Waals surface area (Å²) >= 11 is 0. The summed E-state index contributed by atoms with van der Waals surface area (Å²) in [6, 6.07) is 15.4. The molecule has 2 amide bonds. The van der Waals surface area contributed by atoms with Crippen LogP contribution in [-0.4, -0.2) is 37.0 Å². The number of nitrogens with one attached hydrogen (secondary N) is 1. The number of aliphatic imine (C=N–C) groups is 1. The molecule has 0 bridgehead atoms. The monoisotopic (exact) mass is 394 g/mol. The van der Waals surface area contributed by atoms with Gasteiger partial charge in [-0.3, -0.25) is 4.90 Å². The molecule has 154 valence electrons. The maximum Gasteiger partial charge on any atom is 0.347 e. The average Bonchev–Trinajstić information content (AvgIpc) is 2.75. The number of benzene rings is 2. The molecule has 1 saturated heterocycles. The van der Waals surface area contributed by atoms with Gasteiger partial charge in [0, 0.05) is 24.7 Å². The topological polar surface area (TPSA) is 80.0 Å². The molecule has 3 rings (SSSR count). The number of amidine groups is 1. The van der Waals surface area contributed by atoms with Crippen molar-refractivity contribution in [2.45, 2.75) is 32.7 Å². The van der Waals surface area contributed by atoms with Gasteiger partial charge in [-0.25, -0.2) is 4.79 Å². The van der Waals surface area contributed by atoms with E-state index in [4.69, 9.17) is 10.5 Å². The number of rotatable bonds is 6. The molecule has 2 aromatic carbocycles. The second-order valence-corrected chi connectivity index (χ2v) is 7.44. The molecular weight excluding hydrogens is 364 g/mol. The average molecular weight is 395 g/mol. The number of urea groups is 1. The number of carbonyl (C=O) groups excluding carboxylic acids is 1. The van der Waals surface area contributed by atoms with Gasteiger partial charge in [0.05, 0.1) is 7.11 Å². The minimum Gasteiger partial charge on any atom is -0.497 e. The lowest BCUT2D eigenvalue weighted by Gasteiger charge is -2.32. The van der Waals surface area contributed by atoms with Crippen LogP contribution in [0.2, 0.25) is 0 Å². The van der Waals surface area contributed by atoms with E-state index in [0.29, 0.717) is 11.5 Å². The SMILES string of the molecule is CCc1ccc(CN2CCCC(/C(N)=N/C(=O)Nc3ccc(OC)cc3)C2)cc1. The van der Waals surface area contributed by atoms with Crippen molar-refractivity contribution < 1.29 is 9.53 Å². The van der Waals surface area contributed by atoms with E-state index in [-0.39, 0.29) is 5.92 Å². The van der Waals surface area contributed by atoms with Crippen LogP contribution >= 0.6 is 0 Å². The van der Waals surface area contributed by atoms with Crippen LogP contribution in [0.4, 0.5) is 10.5 Å². The molecule has 6 nitrogen and oxygen atoms in total. The first-order valence-electron chi connectivity index (χ1n) is 10.2. The molecule has 2 aromatic rings. The smallest absolute Gasteiger partial charge is 0.347 e. The number of anilines is 1. The van der Waals surface area contributed by atoms with Crippen LogP contribution in [0.15, 0.2) is 53.5 Å². The fourth-order valence-electron chi connectivity index (χ4n) is 3.61. The molecule has 0 saturated carbocycles. The number of nitrogens with two attached hydrogens (primary N) is 1. The third kappa shape index (κ3) is 6.06. The lowest BCUT2D eigenvalue weighted by atomic mass is 9.96. The number of ether oxygens (including phenoxy) is 1. The largest absolute Gasteiger partial charge is 0.497 e. The zero-order valence-electron chi connectivity index (χ0n) is 17.2. The number of aryl methyl sites for hydroxylation is 1. The Kier molecular flexibility index (Phi) is 7.25. The summed E-state index contributed by atoms with van der Waals surface area (Å²) in [5.74, 6) is 1.24. The molecule has 1 unspecified atom stereocenters. The van der Waals surface area contributed by atoms with Gasteiger partial charge in [0.2, 0.25) is 0 Å². The number of amides is 2. The summed E-state index contributed by atoms with van der Waals surface area (Å²) in [7, 11) is 1.60. The third-order valence-electron chi connectivity index (χ3n) is 5.33. The molecule has 1 aliphatic rings. The molecule has 1 atom stereocenters. The second-order valence-electron chi connectivity index (χ2n) is 7.44. The molecular formula is C23H30N4O2. The Morgan fingerprint density at radius 3 is 2.52 bits per heavy atom. The highest BCUT2D eigenvalue weighted by atomic mass is 16.5. The maximum atomic E-state index is 12.2. The van der Waals surface area contributed by atoms with Crippen LogP contribution in [0.5, 0.6) is 5.75 Å². The summed E-state index contributed by atoms with van der Waals surface area (Å²) in [6.07, 6.45) is 3.06.